The zero-order chi connectivity index (χ0) is 13.7. The maximum absolute atomic E-state index is 12.5. The van der Waals surface area contributed by atoms with Gasteiger partial charge >= 0.3 is 0 Å². The van der Waals surface area contributed by atoms with Crippen LogP contribution in [0.1, 0.15) is 47.0 Å². The van der Waals surface area contributed by atoms with Crippen LogP contribution in [0.2, 0.25) is 0 Å². The van der Waals surface area contributed by atoms with E-state index in [1.165, 1.54) is 0 Å². The van der Waals surface area contributed by atoms with Gasteiger partial charge in [0.15, 0.2) is 5.78 Å². The third kappa shape index (κ3) is 1.75. The molecule has 0 bridgehead atoms. The maximum atomic E-state index is 12.5. The standard InChI is InChI=1S/C15H26O3/c1-9-10(8-16)15(4)7-5-6-14(2,3)13(15)12(18)11(9)17/h9-11,13,16-17H,5-8H2,1-4H3/t9-,10+,11-,13+,15-/m1/s1. The van der Waals surface area contributed by atoms with Crippen LogP contribution in [0.3, 0.4) is 0 Å². The second-order valence-electron chi connectivity index (χ2n) is 7.28. The summed E-state index contributed by atoms with van der Waals surface area (Å²) in [5, 5.41) is 19.9. The van der Waals surface area contributed by atoms with Gasteiger partial charge in [0.05, 0.1) is 0 Å². The highest BCUT2D eigenvalue weighted by atomic mass is 16.3. The Bertz CT molecular complexity index is 350. The lowest BCUT2D eigenvalue weighted by Gasteiger charge is -2.58. The van der Waals surface area contributed by atoms with E-state index in [-0.39, 0.29) is 41.0 Å². The fourth-order valence-corrected chi connectivity index (χ4v) is 4.84. The Balaban J connectivity index is 2.48. The number of aliphatic hydroxyl groups is 2. The molecule has 2 aliphatic carbocycles. The SMILES string of the molecule is C[C@H]1[C@@H](O)C(=O)[C@H]2C(C)(C)CCC[C@]2(C)[C@H]1CO. The smallest absolute Gasteiger partial charge is 0.165 e. The van der Waals surface area contributed by atoms with Crippen molar-refractivity contribution < 1.29 is 15.0 Å². The summed E-state index contributed by atoms with van der Waals surface area (Å²) in [4.78, 5) is 12.5. The molecule has 2 N–H and O–H groups in total. The van der Waals surface area contributed by atoms with Crippen LogP contribution in [0.4, 0.5) is 0 Å². The zero-order valence-electron chi connectivity index (χ0n) is 11.9. The van der Waals surface area contributed by atoms with Crippen LogP contribution in [0, 0.1) is 28.6 Å². The third-order valence-electron chi connectivity index (χ3n) is 5.73. The van der Waals surface area contributed by atoms with Crippen molar-refractivity contribution in [3.63, 3.8) is 0 Å². The largest absolute Gasteiger partial charge is 0.396 e. The average Bonchev–Trinajstić information content (AvgIpc) is 2.25. The summed E-state index contributed by atoms with van der Waals surface area (Å²) in [6, 6.07) is 0. The highest BCUT2D eigenvalue weighted by Gasteiger charge is 2.60. The van der Waals surface area contributed by atoms with Crippen LogP contribution in [0.5, 0.6) is 0 Å². The van der Waals surface area contributed by atoms with Gasteiger partial charge in [0, 0.05) is 12.5 Å². The van der Waals surface area contributed by atoms with E-state index in [2.05, 4.69) is 20.8 Å². The highest BCUT2D eigenvalue weighted by Crippen LogP contribution is 2.59. The fourth-order valence-electron chi connectivity index (χ4n) is 4.84. The molecule has 0 heterocycles. The highest BCUT2D eigenvalue weighted by molar-refractivity contribution is 5.88. The van der Waals surface area contributed by atoms with Crippen molar-refractivity contribution in [3.8, 4) is 0 Å². The first-order chi connectivity index (χ1) is 8.25. The van der Waals surface area contributed by atoms with Crippen LogP contribution < -0.4 is 0 Å². The van der Waals surface area contributed by atoms with Gasteiger partial charge in [-0.3, -0.25) is 4.79 Å². The minimum atomic E-state index is -0.905. The van der Waals surface area contributed by atoms with Gasteiger partial charge in [-0.25, -0.2) is 0 Å². The van der Waals surface area contributed by atoms with Crippen molar-refractivity contribution in [2.24, 2.45) is 28.6 Å². The first kappa shape index (κ1) is 14.0. The van der Waals surface area contributed by atoms with Crippen molar-refractivity contribution in [1.82, 2.24) is 0 Å². The summed E-state index contributed by atoms with van der Waals surface area (Å²) in [5.41, 5.74) is -0.231. The number of carbonyl (C=O) groups excluding carboxylic acids is 1. The van der Waals surface area contributed by atoms with Gasteiger partial charge in [0.25, 0.3) is 0 Å². The van der Waals surface area contributed by atoms with E-state index in [0.29, 0.717) is 0 Å². The van der Waals surface area contributed by atoms with Gasteiger partial charge in [-0.2, -0.15) is 0 Å². The second-order valence-corrected chi connectivity index (χ2v) is 7.28. The molecule has 0 unspecified atom stereocenters. The van der Waals surface area contributed by atoms with Crippen molar-refractivity contribution in [2.45, 2.75) is 53.1 Å². The van der Waals surface area contributed by atoms with E-state index in [9.17, 15) is 15.0 Å². The third-order valence-corrected chi connectivity index (χ3v) is 5.73. The Labute approximate surface area is 110 Å². The van der Waals surface area contributed by atoms with E-state index < -0.39 is 6.10 Å². The molecule has 0 aromatic rings. The molecule has 0 saturated heterocycles. The minimum Gasteiger partial charge on any atom is -0.396 e. The molecule has 2 saturated carbocycles. The lowest BCUT2D eigenvalue weighted by molar-refractivity contribution is -0.174. The van der Waals surface area contributed by atoms with Gasteiger partial charge in [0.1, 0.15) is 6.10 Å². The number of aliphatic hydroxyl groups excluding tert-OH is 2. The minimum absolute atomic E-state index is 0.000556. The van der Waals surface area contributed by atoms with E-state index in [4.69, 9.17) is 0 Å². The van der Waals surface area contributed by atoms with E-state index in [1.54, 1.807) is 0 Å². The number of ketones is 1. The number of hydrogen-bond acceptors (Lipinski definition) is 3. The van der Waals surface area contributed by atoms with Gasteiger partial charge < -0.3 is 10.2 Å². The van der Waals surface area contributed by atoms with E-state index >= 15 is 0 Å². The number of carbonyl (C=O) groups is 1. The lowest BCUT2D eigenvalue weighted by Crippen LogP contribution is -2.61. The number of rotatable bonds is 1. The fraction of sp³-hybridized carbons (Fsp3) is 0.933. The topological polar surface area (TPSA) is 57.5 Å². The van der Waals surface area contributed by atoms with E-state index in [1.807, 2.05) is 6.92 Å². The molecule has 0 aromatic heterocycles. The van der Waals surface area contributed by atoms with Crippen LogP contribution in [-0.2, 0) is 4.79 Å². The molecule has 104 valence electrons. The maximum Gasteiger partial charge on any atom is 0.165 e. The summed E-state index contributed by atoms with van der Waals surface area (Å²) < 4.78 is 0. The molecule has 3 nitrogen and oxygen atoms in total. The normalized spacial score (nSPS) is 47.8. The quantitative estimate of drug-likeness (QED) is 0.752. The molecular formula is C15H26O3. The van der Waals surface area contributed by atoms with Gasteiger partial charge in [-0.05, 0) is 35.5 Å². The number of fused-ring (bicyclic) bond motifs is 1. The Morgan fingerprint density at radius 3 is 2.44 bits per heavy atom. The Kier molecular flexibility index (Phi) is 3.35. The van der Waals surface area contributed by atoms with Crippen LogP contribution >= 0.6 is 0 Å². The summed E-state index contributed by atoms with van der Waals surface area (Å²) >= 11 is 0. The lowest BCUT2D eigenvalue weighted by atomic mass is 9.46. The molecule has 0 amide bonds. The molecule has 0 aromatic carbocycles. The van der Waals surface area contributed by atoms with Crippen molar-refractivity contribution in [2.75, 3.05) is 6.61 Å². The van der Waals surface area contributed by atoms with Crippen molar-refractivity contribution >= 4 is 5.78 Å². The monoisotopic (exact) mass is 254 g/mol. The molecule has 0 spiro atoms. The van der Waals surface area contributed by atoms with Crippen LogP contribution in [0.15, 0.2) is 0 Å². The zero-order valence-corrected chi connectivity index (χ0v) is 11.9. The van der Waals surface area contributed by atoms with Crippen molar-refractivity contribution in [1.29, 1.82) is 0 Å². The van der Waals surface area contributed by atoms with E-state index in [0.717, 1.165) is 19.3 Å². The summed E-state index contributed by atoms with van der Waals surface area (Å²) in [7, 11) is 0. The predicted octanol–water partition coefficient (Wildman–Crippen LogP) is 2.01. The molecule has 3 heteroatoms. The molecule has 2 aliphatic rings. The number of Topliss-reactive ketones (excluding diaryl/α,β-unsaturated/α-hetero) is 1. The van der Waals surface area contributed by atoms with Crippen molar-refractivity contribution in [3.05, 3.63) is 0 Å². The van der Waals surface area contributed by atoms with Gasteiger partial charge in [-0.15, -0.1) is 0 Å². The first-order valence-electron chi connectivity index (χ1n) is 7.08. The van der Waals surface area contributed by atoms with Crippen LogP contribution in [-0.4, -0.2) is 28.7 Å². The molecule has 2 rings (SSSR count). The molecule has 5 atom stereocenters. The summed E-state index contributed by atoms with van der Waals surface area (Å²) in [5.74, 6) is -0.242. The first-order valence-corrected chi connectivity index (χ1v) is 7.08. The molecule has 18 heavy (non-hydrogen) atoms. The predicted molar refractivity (Wildman–Crippen MR) is 70.0 cm³/mol. The summed E-state index contributed by atoms with van der Waals surface area (Å²) in [6.45, 7) is 8.36. The van der Waals surface area contributed by atoms with Gasteiger partial charge in [0.2, 0.25) is 0 Å². The summed E-state index contributed by atoms with van der Waals surface area (Å²) in [6.07, 6.45) is 2.21. The second kappa shape index (κ2) is 4.31. The average molecular weight is 254 g/mol. The Hall–Kier alpha value is -0.410. The Morgan fingerprint density at radius 1 is 1.28 bits per heavy atom. The van der Waals surface area contributed by atoms with Crippen LogP contribution in [0.25, 0.3) is 0 Å². The Morgan fingerprint density at radius 2 is 1.89 bits per heavy atom. The molecule has 0 aliphatic heterocycles. The molecular weight excluding hydrogens is 228 g/mol. The molecule has 2 fully saturated rings. The molecule has 0 radical (unpaired) electrons. The van der Waals surface area contributed by atoms with Gasteiger partial charge in [-0.1, -0.05) is 34.1 Å². The number of hydrogen-bond donors (Lipinski definition) is 2.